The van der Waals surface area contributed by atoms with Gasteiger partial charge < -0.3 is 21.3 Å². The van der Waals surface area contributed by atoms with Crippen LogP contribution in [-0.4, -0.2) is 47.0 Å². The number of carbonyl (C=O) groups excluding carboxylic acids is 1. The first-order valence-electron chi connectivity index (χ1n) is 6.00. The number of likely N-dealkylation sites (N-methyl/N-ethyl adjacent to an activating group) is 1. The molecule has 98 valence electrons. The van der Waals surface area contributed by atoms with Gasteiger partial charge in [0.2, 0.25) is 11.9 Å². The highest BCUT2D eigenvalue weighted by Crippen LogP contribution is 2.17. The normalized spacial score (nSPS) is 19.1. The zero-order valence-corrected chi connectivity index (χ0v) is 10.6. The average Bonchev–Trinajstić information content (AvgIpc) is 2.61. The van der Waals surface area contributed by atoms with Gasteiger partial charge in [-0.3, -0.25) is 4.79 Å². The standard InChI is InChI=1S/C11H18N6O/c1-3-13-8-6-9(16-11(12)15-8)14-7-4-5-17(2)10(7)18/h6-7H,3-5H2,1-2H3,(H4,12,13,14,15,16). The molecule has 0 saturated carbocycles. The number of hydrogen-bond donors (Lipinski definition) is 3. The predicted molar refractivity (Wildman–Crippen MR) is 70.3 cm³/mol. The van der Waals surface area contributed by atoms with Crippen LogP contribution in [0.4, 0.5) is 17.6 Å². The molecule has 0 aromatic carbocycles. The Balaban J connectivity index is 2.11. The van der Waals surface area contributed by atoms with Crippen molar-refractivity contribution in [2.75, 3.05) is 36.5 Å². The number of likely N-dealkylation sites (tertiary alicyclic amines) is 1. The highest BCUT2D eigenvalue weighted by atomic mass is 16.2. The van der Waals surface area contributed by atoms with Gasteiger partial charge in [-0.2, -0.15) is 9.97 Å². The summed E-state index contributed by atoms with van der Waals surface area (Å²) in [6, 6.07) is 1.53. The number of nitrogens with zero attached hydrogens (tertiary/aromatic N) is 3. The van der Waals surface area contributed by atoms with Gasteiger partial charge in [0.25, 0.3) is 0 Å². The van der Waals surface area contributed by atoms with E-state index in [1.807, 2.05) is 6.92 Å². The number of aromatic nitrogens is 2. The van der Waals surface area contributed by atoms with Crippen LogP contribution < -0.4 is 16.4 Å². The maximum atomic E-state index is 11.8. The second-order valence-corrected chi connectivity index (χ2v) is 4.27. The van der Waals surface area contributed by atoms with E-state index in [-0.39, 0.29) is 17.9 Å². The molecule has 1 fully saturated rings. The molecule has 18 heavy (non-hydrogen) atoms. The van der Waals surface area contributed by atoms with E-state index >= 15 is 0 Å². The summed E-state index contributed by atoms with van der Waals surface area (Å²) in [5.74, 6) is 1.50. The molecule has 4 N–H and O–H groups in total. The van der Waals surface area contributed by atoms with Gasteiger partial charge in [0.05, 0.1) is 0 Å². The fraction of sp³-hybridized carbons (Fsp3) is 0.545. The first kappa shape index (κ1) is 12.4. The summed E-state index contributed by atoms with van der Waals surface area (Å²) in [7, 11) is 1.79. The van der Waals surface area contributed by atoms with E-state index in [2.05, 4.69) is 20.6 Å². The summed E-state index contributed by atoms with van der Waals surface area (Å²) in [5, 5.41) is 6.17. The number of hydrogen-bond acceptors (Lipinski definition) is 6. The van der Waals surface area contributed by atoms with Crippen LogP contribution in [-0.2, 0) is 4.79 Å². The molecule has 7 heteroatoms. The molecule has 2 rings (SSSR count). The van der Waals surface area contributed by atoms with Crippen LogP contribution in [0.2, 0.25) is 0 Å². The van der Waals surface area contributed by atoms with Gasteiger partial charge in [-0.1, -0.05) is 0 Å². The number of amides is 1. The first-order chi connectivity index (χ1) is 8.60. The number of rotatable bonds is 4. The fourth-order valence-corrected chi connectivity index (χ4v) is 1.95. The molecule has 0 radical (unpaired) electrons. The minimum atomic E-state index is -0.223. The lowest BCUT2D eigenvalue weighted by Crippen LogP contribution is -2.31. The van der Waals surface area contributed by atoms with Gasteiger partial charge in [-0.15, -0.1) is 0 Å². The van der Waals surface area contributed by atoms with E-state index < -0.39 is 0 Å². The summed E-state index contributed by atoms with van der Waals surface area (Å²) in [4.78, 5) is 21.6. The minimum Gasteiger partial charge on any atom is -0.370 e. The molecule has 1 aromatic heterocycles. The van der Waals surface area contributed by atoms with E-state index in [1.165, 1.54) is 0 Å². The predicted octanol–water partition coefficient (Wildman–Crippen LogP) is 0.133. The molecule has 0 spiro atoms. The lowest BCUT2D eigenvalue weighted by atomic mass is 10.2. The van der Waals surface area contributed by atoms with Gasteiger partial charge in [0.1, 0.15) is 17.7 Å². The third-order valence-electron chi connectivity index (χ3n) is 2.85. The van der Waals surface area contributed by atoms with Crippen molar-refractivity contribution in [3.8, 4) is 0 Å². The minimum absolute atomic E-state index is 0.0807. The maximum Gasteiger partial charge on any atom is 0.244 e. The SMILES string of the molecule is CCNc1cc(NC2CCN(C)C2=O)nc(N)n1. The smallest absolute Gasteiger partial charge is 0.244 e. The van der Waals surface area contributed by atoms with Crippen LogP contribution in [0.5, 0.6) is 0 Å². The van der Waals surface area contributed by atoms with Crippen LogP contribution in [0, 0.1) is 0 Å². The maximum absolute atomic E-state index is 11.8. The van der Waals surface area contributed by atoms with Crippen LogP contribution in [0.25, 0.3) is 0 Å². The quantitative estimate of drug-likeness (QED) is 0.703. The van der Waals surface area contributed by atoms with Crippen molar-refractivity contribution < 1.29 is 4.79 Å². The zero-order valence-electron chi connectivity index (χ0n) is 10.6. The summed E-state index contributed by atoms with van der Waals surface area (Å²) in [5.41, 5.74) is 5.63. The van der Waals surface area contributed by atoms with Crippen molar-refractivity contribution in [1.29, 1.82) is 0 Å². The summed E-state index contributed by atoms with van der Waals surface area (Å²) in [6.07, 6.45) is 0.774. The Bertz CT molecular complexity index is 449. The molecule has 1 aromatic rings. The summed E-state index contributed by atoms with van der Waals surface area (Å²) < 4.78 is 0. The molecular formula is C11H18N6O. The van der Waals surface area contributed by atoms with Crippen molar-refractivity contribution in [3.05, 3.63) is 6.07 Å². The molecule has 1 saturated heterocycles. The van der Waals surface area contributed by atoms with Crippen LogP contribution in [0.15, 0.2) is 6.07 Å². The largest absolute Gasteiger partial charge is 0.370 e. The molecule has 0 aliphatic carbocycles. The Labute approximate surface area is 106 Å². The van der Waals surface area contributed by atoms with Crippen LogP contribution >= 0.6 is 0 Å². The topological polar surface area (TPSA) is 96.2 Å². The van der Waals surface area contributed by atoms with E-state index in [1.54, 1.807) is 18.0 Å². The van der Waals surface area contributed by atoms with Crippen molar-refractivity contribution in [2.45, 2.75) is 19.4 Å². The number of nitrogen functional groups attached to an aromatic ring is 1. The number of nitrogens with one attached hydrogen (secondary N) is 2. The molecular weight excluding hydrogens is 232 g/mol. The molecule has 1 aliphatic heterocycles. The number of carbonyl (C=O) groups is 1. The van der Waals surface area contributed by atoms with Crippen molar-refractivity contribution in [2.24, 2.45) is 0 Å². The van der Waals surface area contributed by atoms with E-state index in [9.17, 15) is 4.79 Å². The molecule has 7 nitrogen and oxygen atoms in total. The zero-order chi connectivity index (χ0) is 13.1. The highest BCUT2D eigenvalue weighted by molar-refractivity contribution is 5.86. The Morgan fingerprint density at radius 3 is 2.83 bits per heavy atom. The molecule has 1 amide bonds. The van der Waals surface area contributed by atoms with Crippen LogP contribution in [0.1, 0.15) is 13.3 Å². The second-order valence-electron chi connectivity index (χ2n) is 4.27. The molecule has 2 heterocycles. The summed E-state index contributed by atoms with van der Waals surface area (Å²) in [6.45, 7) is 3.49. The number of nitrogens with two attached hydrogens (primary N) is 1. The molecule has 1 unspecified atom stereocenters. The monoisotopic (exact) mass is 250 g/mol. The fourth-order valence-electron chi connectivity index (χ4n) is 1.95. The average molecular weight is 250 g/mol. The lowest BCUT2D eigenvalue weighted by molar-refractivity contribution is -0.127. The second kappa shape index (κ2) is 5.07. The summed E-state index contributed by atoms with van der Waals surface area (Å²) >= 11 is 0. The van der Waals surface area contributed by atoms with E-state index in [0.717, 1.165) is 19.5 Å². The van der Waals surface area contributed by atoms with E-state index in [4.69, 9.17) is 5.73 Å². The molecule has 1 atom stereocenters. The van der Waals surface area contributed by atoms with Crippen LogP contribution in [0.3, 0.4) is 0 Å². The van der Waals surface area contributed by atoms with Crippen molar-refractivity contribution >= 4 is 23.5 Å². The Kier molecular flexibility index (Phi) is 3.50. The van der Waals surface area contributed by atoms with Gasteiger partial charge in [0.15, 0.2) is 0 Å². The van der Waals surface area contributed by atoms with Gasteiger partial charge >= 0.3 is 0 Å². The highest BCUT2D eigenvalue weighted by Gasteiger charge is 2.29. The van der Waals surface area contributed by atoms with Crippen molar-refractivity contribution in [3.63, 3.8) is 0 Å². The molecule has 1 aliphatic rings. The van der Waals surface area contributed by atoms with E-state index in [0.29, 0.717) is 11.6 Å². The third-order valence-corrected chi connectivity index (χ3v) is 2.85. The Hall–Kier alpha value is -2.05. The Morgan fingerprint density at radius 1 is 1.50 bits per heavy atom. The van der Waals surface area contributed by atoms with Gasteiger partial charge in [-0.05, 0) is 13.3 Å². The molecule has 0 bridgehead atoms. The Morgan fingerprint density at radius 2 is 2.22 bits per heavy atom. The first-order valence-corrected chi connectivity index (χ1v) is 6.00. The van der Waals surface area contributed by atoms with Crippen molar-refractivity contribution in [1.82, 2.24) is 14.9 Å². The third kappa shape index (κ3) is 2.61. The van der Waals surface area contributed by atoms with Gasteiger partial charge in [-0.25, -0.2) is 0 Å². The van der Waals surface area contributed by atoms with Gasteiger partial charge in [0, 0.05) is 26.2 Å². The lowest BCUT2D eigenvalue weighted by Gasteiger charge is -2.13. The number of anilines is 3.